The first kappa shape index (κ1) is 61.6. The van der Waals surface area contributed by atoms with Gasteiger partial charge in [0.05, 0.1) is 0 Å². The number of hydrogen-bond acceptors (Lipinski definition) is 6. The van der Waals surface area contributed by atoms with Crippen molar-refractivity contribution < 1.29 is 28.6 Å². The van der Waals surface area contributed by atoms with Gasteiger partial charge >= 0.3 is 17.9 Å². The Bertz CT molecular complexity index is 1080. The predicted octanol–water partition coefficient (Wildman–Crippen LogP) is 18.5. The van der Waals surface area contributed by atoms with Crippen LogP contribution in [0.15, 0.2) is 36.5 Å². The standard InChI is InChI=1S/C58H106O6/c1-4-7-10-13-16-19-22-25-28-29-31-33-36-39-42-45-48-51-57(60)63-54-55(53-62-56(59)50-47-44-41-38-35-32-27-24-21-18-15-12-9-6-3)64-58(61)52-49-46-43-40-37-34-30-26-23-20-17-14-11-8-5-2/h16,19,25-26,28,30,55H,4-15,17-18,20-24,27,29,31-54H2,1-3H3/b19-16-,28-25-,30-26-/t55-/m1/s1. The lowest BCUT2D eigenvalue weighted by atomic mass is 10.0. The molecule has 0 unspecified atom stereocenters. The van der Waals surface area contributed by atoms with Crippen LogP contribution >= 0.6 is 0 Å². The molecule has 0 saturated carbocycles. The molecule has 0 saturated heterocycles. The van der Waals surface area contributed by atoms with Gasteiger partial charge in [0, 0.05) is 19.3 Å². The molecule has 0 aliphatic rings. The fraction of sp³-hybridized carbons (Fsp3) is 0.845. The van der Waals surface area contributed by atoms with E-state index in [1.54, 1.807) is 0 Å². The Hall–Kier alpha value is -2.37. The molecule has 374 valence electrons. The van der Waals surface area contributed by atoms with Crippen molar-refractivity contribution in [1.82, 2.24) is 0 Å². The van der Waals surface area contributed by atoms with Crippen LogP contribution in [-0.2, 0) is 28.6 Å². The van der Waals surface area contributed by atoms with E-state index in [-0.39, 0.29) is 31.1 Å². The summed E-state index contributed by atoms with van der Waals surface area (Å²) in [6.07, 6.45) is 62.7. The minimum absolute atomic E-state index is 0.0746. The van der Waals surface area contributed by atoms with E-state index in [9.17, 15) is 14.4 Å². The summed E-state index contributed by atoms with van der Waals surface area (Å²) in [5.41, 5.74) is 0. The van der Waals surface area contributed by atoms with Gasteiger partial charge in [0.1, 0.15) is 13.2 Å². The third-order valence-corrected chi connectivity index (χ3v) is 12.4. The third-order valence-electron chi connectivity index (χ3n) is 12.4. The summed E-state index contributed by atoms with van der Waals surface area (Å²) >= 11 is 0. The molecule has 0 bridgehead atoms. The molecule has 0 aliphatic heterocycles. The maximum atomic E-state index is 12.8. The van der Waals surface area contributed by atoms with Crippen LogP contribution in [0, 0.1) is 0 Å². The van der Waals surface area contributed by atoms with Crippen molar-refractivity contribution >= 4 is 17.9 Å². The Morgan fingerprint density at radius 2 is 0.562 bits per heavy atom. The summed E-state index contributed by atoms with van der Waals surface area (Å²) in [5, 5.41) is 0. The van der Waals surface area contributed by atoms with Crippen LogP contribution in [0.3, 0.4) is 0 Å². The normalized spacial score (nSPS) is 12.2. The molecule has 0 spiro atoms. The van der Waals surface area contributed by atoms with Crippen molar-refractivity contribution in [2.24, 2.45) is 0 Å². The number of ether oxygens (including phenoxy) is 3. The highest BCUT2D eigenvalue weighted by Crippen LogP contribution is 2.16. The lowest BCUT2D eigenvalue weighted by Crippen LogP contribution is -2.30. The van der Waals surface area contributed by atoms with Crippen LogP contribution in [-0.4, -0.2) is 37.2 Å². The molecule has 0 amide bonds. The summed E-state index contributed by atoms with van der Waals surface area (Å²) in [5.74, 6) is -0.876. The van der Waals surface area contributed by atoms with E-state index in [2.05, 4.69) is 57.2 Å². The van der Waals surface area contributed by atoms with Gasteiger partial charge in [0.25, 0.3) is 0 Å². The molecule has 0 rings (SSSR count). The van der Waals surface area contributed by atoms with E-state index >= 15 is 0 Å². The van der Waals surface area contributed by atoms with Crippen molar-refractivity contribution in [2.75, 3.05) is 13.2 Å². The molecule has 0 aromatic carbocycles. The summed E-state index contributed by atoms with van der Waals surface area (Å²) in [6, 6.07) is 0. The molecule has 6 heteroatoms. The van der Waals surface area contributed by atoms with Crippen LogP contribution in [0.5, 0.6) is 0 Å². The van der Waals surface area contributed by atoms with Gasteiger partial charge in [-0.15, -0.1) is 0 Å². The van der Waals surface area contributed by atoms with E-state index in [4.69, 9.17) is 14.2 Å². The Balaban J connectivity index is 4.37. The van der Waals surface area contributed by atoms with Crippen molar-refractivity contribution in [3.05, 3.63) is 36.5 Å². The Kier molecular flexibility index (Phi) is 51.3. The largest absolute Gasteiger partial charge is 0.462 e. The maximum absolute atomic E-state index is 12.8. The minimum Gasteiger partial charge on any atom is -0.462 e. The van der Waals surface area contributed by atoms with Gasteiger partial charge in [-0.1, -0.05) is 237 Å². The van der Waals surface area contributed by atoms with Crippen LogP contribution in [0.2, 0.25) is 0 Å². The lowest BCUT2D eigenvalue weighted by Gasteiger charge is -2.18. The molecule has 0 aliphatic carbocycles. The molecule has 64 heavy (non-hydrogen) atoms. The predicted molar refractivity (Wildman–Crippen MR) is 275 cm³/mol. The maximum Gasteiger partial charge on any atom is 0.306 e. The van der Waals surface area contributed by atoms with Gasteiger partial charge in [-0.3, -0.25) is 14.4 Å². The molecule has 0 N–H and O–H groups in total. The van der Waals surface area contributed by atoms with Gasteiger partial charge in [-0.05, 0) is 77.0 Å². The number of carbonyl (C=O) groups is 3. The number of carbonyl (C=O) groups excluding carboxylic acids is 3. The Morgan fingerprint density at radius 3 is 0.906 bits per heavy atom. The number of unbranched alkanes of at least 4 members (excludes halogenated alkanes) is 34. The average Bonchev–Trinajstić information content (AvgIpc) is 3.29. The zero-order chi connectivity index (χ0) is 46.5. The molecule has 0 radical (unpaired) electrons. The van der Waals surface area contributed by atoms with E-state index in [0.717, 1.165) is 77.0 Å². The van der Waals surface area contributed by atoms with Gasteiger partial charge in [-0.2, -0.15) is 0 Å². The molecule has 0 fully saturated rings. The van der Waals surface area contributed by atoms with Gasteiger partial charge in [0.2, 0.25) is 0 Å². The van der Waals surface area contributed by atoms with Gasteiger partial charge in [-0.25, -0.2) is 0 Å². The van der Waals surface area contributed by atoms with Crippen molar-refractivity contribution in [2.45, 2.75) is 303 Å². The number of esters is 3. The van der Waals surface area contributed by atoms with Crippen LogP contribution in [0.1, 0.15) is 297 Å². The van der Waals surface area contributed by atoms with Crippen molar-refractivity contribution in [3.8, 4) is 0 Å². The zero-order valence-corrected chi connectivity index (χ0v) is 42.8. The third kappa shape index (κ3) is 50.6. The molecular formula is C58H106O6. The van der Waals surface area contributed by atoms with Gasteiger partial charge < -0.3 is 14.2 Å². The fourth-order valence-corrected chi connectivity index (χ4v) is 8.12. The summed E-state index contributed by atoms with van der Waals surface area (Å²) in [7, 11) is 0. The number of rotatable bonds is 51. The molecule has 0 aromatic rings. The monoisotopic (exact) mass is 899 g/mol. The number of allylic oxidation sites excluding steroid dienone is 6. The molecule has 1 atom stereocenters. The summed E-state index contributed by atoms with van der Waals surface area (Å²) < 4.78 is 16.8. The fourth-order valence-electron chi connectivity index (χ4n) is 8.12. The van der Waals surface area contributed by atoms with Crippen molar-refractivity contribution in [3.63, 3.8) is 0 Å². The highest BCUT2D eigenvalue weighted by Gasteiger charge is 2.19. The van der Waals surface area contributed by atoms with Crippen LogP contribution in [0.4, 0.5) is 0 Å². The Labute approximate surface area is 397 Å². The highest BCUT2D eigenvalue weighted by atomic mass is 16.6. The first-order valence-electron chi connectivity index (χ1n) is 28.0. The van der Waals surface area contributed by atoms with E-state index in [0.29, 0.717) is 19.3 Å². The molecular weight excluding hydrogens is 793 g/mol. The second kappa shape index (κ2) is 53.2. The molecule has 6 nitrogen and oxygen atoms in total. The Morgan fingerprint density at radius 1 is 0.312 bits per heavy atom. The average molecular weight is 899 g/mol. The van der Waals surface area contributed by atoms with E-state index in [1.807, 2.05) is 0 Å². The minimum atomic E-state index is -0.776. The lowest BCUT2D eigenvalue weighted by molar-refractivity contribution is -0.167. The summed E-state index contributed by atoms with van der Waals surface area (Å²) in [4.78, 5) is 38.1. The van der Waals surface area contributed by atoms with Gasteiger partial charge in [0.15, 0.2) is 6.10 Å². The first-order valence-corrected chi connectivity index (χ1v) is 28.0. The molecule has 0 heterocycles. The highest BCUT2D eigenvalue weighted by molar-refractivity contribution is 5.71. The van der Waals surface area contributed by atoms with Crippen molar-refractivity contribution in [1.29, 1.82) is 0 Å². The topological polar surface area (TPSA) is 78.9 Å². The zero-order valence-electron chi connectivity index (χ0n) is 42.8. The smallest absolute Gasteiger partial charge is 0.306 e. The number of hydrogen-bond donors (Lipinski definition) is 0. The summed E-state index contributed by atoms with van der Waals surface area (Å²) in [6.45, 7) is 6.63. The molecule has 0 aromatic heterocycles. The van der Waals surface area contributed by atoms with E-state index < -0.39 is 6.10 Å². The second-order valence-electron chi connectivity index (χ2n) is 18.8. The van der Waals surface area contributed by atoms with E-state index in [1.165, 1.54) is 180 Å². The van der Waals surface area contributed by atoms with Crippen LogP contribution < -0.4 is 0 Å². The first-order chi connectivity index (χ1) is 31.5. The quantitative estimate of drug-likeness (QED) is 0.0262. The van der Waals surface area contributed by atoms with Crippen LogP contribution in [0.25, 0.3) is 0 Å². The SMILES string of the molecule is CCCCC/C=C\C/C=C\CCCCCCCCCC(=O)OC[C@@H](COC(=O)CCCCCCCCCCCCCCCC)OC(=O)CCCCCCC/C=C\CCCCCCCC. The second-order valence-corrected chi connectivity index (χ2v) is 18.8.